The van der Waals surface area contributed by atoms with Crippen molar-refractivity contribution in [3.63, 3.8) is 0 Å². The lowest BCUT2D eigenvalue weighted by Crippen LogP contribution is -2.54. The van der Waals surface area contributed by atoms with Gasteiger partial charge in [0.05, 0.1) is 6.10 Å². The number of carbonyl (C=O) groups is 1. The van der Waals surface area contributed by atoms with E-state index in [0.29, 0.717) is 41.4 Å². The zero-order valence-corrected chi connectivity index (χ0v) is 20.9. The van der Waals surface area contributed by atoms with E-state index in [1.165, 1.54) is 32.1 Å². The second kappa shape index (κ2) is 8.47. The third kappa shape index (κ3) is 3.79. The molecule has 0 aromatic rings. The molecular weight excluding hydrogens is 380 g/mol. The Morgan fingerprint density at radius 1 is 1.10 bits per heavy atom. The summed E-state index contributed by atoms with van der Waals surface area (Å²) in [7, 11) is 0. The zero-order chi connectivity index (χ0) is 22.6. The highest BCUT2D eigenvalue weighted by Crippen LogP contribution is 2.67. The van der Waals surface area contributed by atoms with E-state index in [4.69, 9.17) is 0 Å². The number of fused-ring (bicyclic) bond motifs is 5. The molecule has 9 unspecified atom stereocenters. The van der Waals surface area contributed by atoms with Gasteiger partial charge in [-0.2, -0.15) is 0 Å². The molecule has 0 amide bonds. The van der Waals surface area contributed by atoms with Crippen molar-refractivity contribution in [3.05, 3.63) is 23.8 Å². The first-order valence-corrected chi connectivity index (χ1v) is 13.2. The van der Waals surface area contributed by atoms with Crippen LogP contribution in [0, 0.1) is 52.3 Å². The van der Waals surface area contributed by atoms with Gasteiger partial charge in [0, 0.05) is 6.42 Å². The number of hydrogen-bond acceptors (Lipinski definition) is 2. The maximum Gasteiger partial charge on any atom is 0.155 e. The number of hydrogen-bond donors (Lipinski definition) is 1. The summed E-state index contributed by atoms with van der Waals surface area (Å²) >= 11 is 0. The van der Waals surface area contributed by atoms with Crippen LogP contribution in [0.25, 0.3) is 0 Å². The molecule has 3 fully saturated rings. The van der Waals surface area contributed by atoms with Crippen molar-refractivity contribution in [3.8, 4) is 0 Å². The van der Waals surface area contributed by atoms with Crippen LogP contribution in [0.1, 0.15) is 92.9 Å². The Balaban J connectivity index is 1.55. The zero-order valence-electron chi connectivity index (χ0n) is 20.9. The molecular formula is C29H46O2. The van der Waals surface area contributed by atoms with Gasteiger partial charge in [-0.1, -0.05) is 53.7 Å². The van der Waals surface area contributed by atoms with Crippen LogP contribution in [0.5, 0.6) is 0 Å². The van der Waals surface area contributed by atoms with Gasteiger partial charge < -0.3 is 5.11 Å². The molecule has 4 rings (SSSR count). The van der Waals surface area contributed by atoms with Gasteiger partial charge in [0.1, 0.15) is 0 Å². The van der Waals surface area contributed by atoms with Crippen molar-refractivity contribution in [2.24, 2.45) is 52.3 Å². The molecule has 2 nitrogen and oxygen atoms in total. The molecule has 4 aliphatic rings. The van der Waals surface area contributed by atoms with Crippen LogP contribution < -0.4 is 0 Å². The second-order valence-corrected chi connectivity index (χ2v) is 12.4. The van der Waals surface area contributed by atoms with Crippen LogP contribution >= 0.6 is 0 Å². The first-order valence-electron chi connectivity index (χ1n) is 13.2. The predicted molar refractivity (Wildman–Crippen MR) is 129 cm³/mol. The fourth-order valence-corrected chi connectivity index (χ4v) is 8.79. The van der Waals surface area contributed by atoms with E-state index in [1.807, 2.05) is 6.08 Å². The van der Waals surface area contributed by atoms with E-state index in [0.717, 1.165) is 30.3 Å². The van der Waals surface area contributed by atoms with Crippen molar-refractivity contribution in [2.45, 2.75) is 99.0 Å². The van der Waals surface area contributed by atoms with Crippen LogP contribution in [0.2, 0.25) is 0 Å². The minimum absolute atomic E-state index is 0.0345. The highest BCUT2D eigenvalue weighted by molar-refractivity contribution is 5.91. The van der Waals surface area contributed by atoms with Crippen LogP contribution in [-0.2, 0) is 4.79 Å². The van der Waals surface area contributed by atoms with Gasteiger partial charge in [0.25, 0.3) is 0 Å². The summed E-state index contributed by atoms with van der Waals surface area (Å²) in [5.41, 5.74) is 1.50. The first kappa shape index (κ1) is 23.3. The van der Waals surface area contributed by atoms with Crippen molar-refractivity contribution in [1.82, 2.24) is 0 Å². The van der Waals surface area contributed by atoms with Crippen molar-refractivity contribution < 1.29 is 9.90 Å². The minimum Gasteiger partial charge on any atom is -0.389 e. The molecule has 0 spiro atoms. The van der Waals surface area contributed by atoms with Gasteiger partial charge in [0.15, 0.2) is 5.78 Å². The monoisotopic (exact) mass is 426 g/mol. The Labute approximate surface area is 191 Å². The van der Waals surface area contributed by atoms with Gasteiger partial charge in [-0.3, -0.25) is 4.79 Å². The molecule has 0 heterocycles. The quantitative estimate of drug-likeness (QED) is 0.481. The molecule has 2 heteroatoms. The van der Waals surface area contributed by atoms with E-state index in [2.05, 4.69) is 53.7 Å². The smallest absolute Gasteiger partial charge is 0.155 e. The third-order valence-corrected chi connectivity index (χ3v) is 10.7. The van der Waals surface area contributed by atoms with Gasteiger partial charge in [0.2, 0.25) is 0 Å². The SMILES string of the molecule is CCC(/C=C\C(C)C1CCC2C3CC(O)C4=CC(=O)CCC4(C)C3CCC12C)C(C)C. The summed E-state index contributed by atoms with van der Waals surface area (Å²) in [5.74, 6) is 5.00. The Morgan fingerprint density at radius 2 is 1.84 bits per heavy atom. The van der Waals surface area contributed by atoms with Gasteiger partial charge >= 0.3 is 0 Å². The maximum atomic E-state index is 12.1. The lowest BCUT2D eigenvalue weighted by molar-refractivity contribution is -0.119. The summed E-state index contributed by atoms with van der Waals surface area (Å²) in [6.07, 6.45) is 15.4. The average Bonchev–Trinajstić information content (AvgIpc) is 3.07. The van der Waals surface area contributed by atoms with Crippen LogP contribution in [0.4, 0.5) is 0 Å². The Morgan fingerprint density at radius 3 is 2.52 bits per heavy atom. The molecule has 0 saturated heterocycles. The van der Waals surface area contributed by atoms with E-state index in [-0.39, 0.29) is 11.2 Å². The Kier molecular flexibility index (Phi) is 6.36. The lowest BCUT2D eigenvalue weighted by Gasteiger charge is -2.59. The topological polar surface area (TPSA) is 37.3 Å². The molecule has 0 bridgehead atoms. The Bertz CT molecular complexity index is 748. The van der Waals surface area contributed by atoms with Crippen molar-refractivity contribution in [2.75, 3.05) is 0 Å². The third-order valence-electron chi connectivity index (χ3n) is 10.7. The second-order valence-electron chi connectivity index (χ2n) is 12.4. The number of carbonyl (C=O) groups excluding carboxylic acids is 1. The normalized spacial score (nSPS) is 44.6. The molecule has 0 aromatic heterocycles. The van der Waals surface area contributed by atoms with E-state index in [1.54, 1.807) is 0 Å². The summed E-state index contributed by atoms with van der Waals surface area (Å²) in [5, 5.41) is 11.1. The van der Waals surface area contributed by atoms with Crippen LogP contribution in [0.3, 0.4) is 0 Å². The fourth-order valence-electron chi connectivity index (χ4n) is 8.79. The van der Waals surface area contributed by atoms with E-state index >= 15 is 0 Å². The van der Waals surface area contributed by atoms with Gasteiger partial charge in [-0.25, -0.2) is 0 Å². The lowest BCUT2D eigenvalue weighted by atomic mass is 9.46. The molecule has 0 radical (unpaired) electrons. The molecule has 0 aromatic carbocycles. The van der Waals surface area contributed by atoms with E-state index in [9.17, 15) is 9.90 Å². The van der Waals surface area contributed by atoms with Crippen molar-refractivity contribution in [1.29, 1.82) is 0 Å². The first-order chi connectivity index (χ1) is 14.6. The van der Waals surface area contributed by atoms with Gasteiger partial charge in [-0.05, 0) is 109 Å². The van der Waals surface area contributed by atoms with Crippen LogP contribution in [0.15, 0.2) is 23.8 Å². The molecule has 9 atom stereocenters. The standard InChI is InChI=1S/C29H46O2/c1-7-20(18(2)3)9-8-19(4)23-10-11-24-22-17-27(31)26-16-21(30)12-14-29(26,6)25(22)13-15-28(23,24)5/h8-9,16,18-20,22-25,27,31H,7,10-15,17H2,1-6H3/b9-8-. The van der Waals surface area contributed by atoms with Crippen LogP contribution in [-0.4, -0.2) is 17.0 Å². The largest absolute Gasteiger partial charge is 0.389 e. The minimum atomic E-state index is -0.412. The Hall–Kier alpha value is -0.890. The molecule has 0 aliphatic heterocycles. The molecule has 31 heavy (non-hydrogen) atoms. The number of rotatable bonds is 5. The summed E-state index contributed by atoms with van der Waals surface area (Å²) in [6.45, 7) is 14.4. The van der Waals surface area contributed by atoms with E-state index < -0.39 is 6.10 Å². The number of aliphatic hydroxyl groups excluding tert-OH is 1. The fraction of sp³-hybridized carbons (Fsp3) is 0.828. The van der Waals surface area contributed by atoms with Crippen molar-refractivity contribution >= 4 is 5.78 Å². The number of ketones is 1. The molecule has 3 saturated carbocycles. The highest BCUT2D eigenvalue weighted by Gasteiger charge is 2.60. The highest BCUT2D eigenvalue weighted by atomic mass is 16.3. The average molecular weight is 427 g/mol. The molecule has 174 valence electrons. The number of aliphatic hydroxyl groups is 1. The maximum absolute atomic E-state index is 12.1. The van der Waals surface area contributed by atoms with Gasteiger partial charge in [-0.15, -0.1) is 0 Å². The number of allylic oxidation sites excluding steroid dienone is 2. The summed E-state index contributed by atoms with van der Waals surface area (Å²) in [6, 6.07) is 0. The summed E-state index contributed by atoms with van der Waals surface area (Å²) < 4.78 is 0. The molecule has 4 aliphatic carbocycles. The predicted octanol–water partition coefficient (Wildman–Crippen LogP) is 6.98. The molecule has 1 N–H and O–H groups in total. The summed E-state index contributed by atoms with van der Waals surface area (Å²) in [4.78, 5) is 12.1.